The van der Waals surface area contributed by atoms with Gasteiger partial charge in [-0.15, -0.1) is 11.8 Å². The second-order valence-corrected chi connectivity index (χ2v) is 11.5. The number of thioether (sulfide) groups is 1. The molecule has 1 unspecified atom stereocenters. The number of hydrogen-bond acceptors (Lipinski definition) is 3. The third-order valence-corrected chi connectivity index (χ3v) is 9.23. The summed E-state index contributed by atoms with van der Waals surface area (Å²) in [6.07, 6.45) is 7.74. The highest BCUT2D eigenvalue weighted by molar-refractivity contribution is 7.99. The van der Waals surface area contributed by atoms with Gasteiger partial charge in [-0.25, -0.2) is 4.79 Å². The summed E-state index contributed by atoms with van der Waals surface area (Å²) in [6.45, 7) is 1.33. The minimum atomic E-state index is 0.0101. The average molecular weight is 449 g/mol. The Bertz CT molecular complexity index is 943. The Kier molecular flexibility index (Phi) is 5.33. The van der Waals surface area contributed by atoms with E-state index in [1.165, 1.54) is 38.5 Å². The van der Waals surface area contributed by atoms with Gasteiger partial charge in [0.1, 0.15) is 17.7 Å². The number of urea groups is 1. The molecule has 1 heterocycles. The van der Waals surface area contributed by atoms with Gasteiger partial charge in [0.15, 0.2) is 0 Å². The molecule has 0 spiro atoms. The minimum absolute atomic E-state index is 0.0101. The van der Waals surface area contributed by atoms with Gasteiger partial charge in [0.05, 0.1) is 0 Å². The van der Waals surface area contributed by atoms with Crippen LogP contribution >= 0.6 is 11.8 Å². The molecule has 7 rings (SSSR count). The van der Waals surface area contributed by atoms with Crippen LogP contribution in [0.3, 0.4) is 0 Å². The number of benzene rings is 2. The first-order valence-corrected chi connectivity index (χ1v) is 13.2. The van der Waals surface area contributed by atoms with E-state index in [4.69, 9.17) is 4.74 Å². The van der Waals surface area contributed by atoms with Crippen molar-refractivity contribution in [2.45, 2.75) is 56.0 Å². The Balaban J connectivity index is 1.18. The van der Waals surface area contributed by atoms with Crippen molar-refractivity contribution in [2.24, 2.45) is 17.8 Å². The van der Waals surface area contributed by atoms with Gasteiger partial charge in [-0.2, -0.15) is 0 Å². The molecule has 32 heavy (non-hydrogen) atoms. The number of nitrogens with zero attached hydrogens (tertiary/aromatic N) is 1. The van der Waals surface area contributed by atoms with Crippen LogP contribution in [-0.2, 0) is 6.61 Å². The molecular weight excluding hydrogens is 416 g/mol. The largest absolute Gasteiger partial charge is 0.489 e. The monoisotopic (exact) mass is 448 g/mol. The number of carbonyl (C=O) groups is 1. The van der Waals surface area contributed by atoms with E-state index in [9.17, 15) is 4.79 Å². The summed E-state index contributed by atoms with van der Waals surface area (Å²) in [6, 6.07) is 18.6. The van der Waals surface area contributed by atoms with Gasteiger partial charge in [-0.3, -0.25) is 0 Å². The number of ether oxygens (including phenoxy) is 1. The normalized spacial score (nSPS) is 32.8. The lowest BCUT2D eigenvalue weighted by Gasteiger charge is -2.57. The molecule has 5 fully saturated rings. The van der Waals surface area contributed by atoms with E-state index in [0.717, 1.165) is 46.9 Å². The first kappa shape index (κ1) is 20.5. The summed E-state index contributed by atoms with van der Waals surface area (Å²) in [5.74, 6) is 4.34. The number of para-hydroxylation sites is 1. The summed E-state index contributed by atoms with van der Waals surface area (Å²) >= 11 is 1.85. The van der Waals surface area contributed by atoms with Crippen molar-refractivity contribution in [3.8, 4) is 5.75 Å². The molecule has 4 aliphatic carbocycles. The highest BCUT2D eigenvalue weighted by Crippen LogP contribution is 2.56. The Hall–Kier alpha value is -2.14. The maximum absolute atomic E-state index is 13.6. The Labute approximate surface area is 195 Å². The van der Waals surface area contributed by atoms with E-state index in [1.54, 1.807) is 0 Å². The SMILES string of the molecule is O=C(NC12CC3CC(CC(C3)C1)C2)N1CCSC1c1ccccc1OCc1ccccc1. The first-order chi connectivity index (χ1) is 15.7. The topological polar surface area (TPSA) is 41.6 Å². The number of amides is 2. The second kappa shape index (κ2) is 8.33. The fourth-order valence-electron chi connectivity index (χ4n) is 7.05. The van der Waals surface area contributed by atoms with Crippen molar-refractivity contribution < 1.29 is 9.53 Å². The molecule has 1 atom stereocenters. The van der Waals surface area contributed by atoms with Crippen LogP contribution in [0.2, 0.25) is 0 Å². The Morgan fingerprint density at radius 3 is 2.34 bits per heavy atom. The summed E-state index contributed by atoms with van der Waals surface area (Å²) < 4.78 is 6.23. The molecule has 5 heteroatoms. The Morgan fingerprint density at radius 2 is 1.62 bits per heavy atom. The first-order valence-electron chi connectivity index (χ1n) is 12.1. The zero-order valence-electron chi connectivity index (χ0n) is 18.5. The van der Waals surface area contributed by atoms with E-state index in [2.05, 4.69) is 29.6 Å². The number of hydrogen-bond donors (Lipinski definition) is 1. The van der Waals surface area contributed by atoms with Gasteiger partial charge >= 0.3 is 6.03 Å². The van der Waals surface area contributed by atoms with Crippen LogP contribution in [-0.4, -0.2) is 28.8 Å². The molecule has 2 aromatic rings. The smallest absolute Gasteiger partial charge is 0.319 e. The zero-order valence-corrected chi connectivity index (χ0v) is 19.4. The molecule has 1 aliphatic heterocycles. The van der Waals surface area contributed by atoms with Crippen LogP contribution in [0.25, 0.3) is 0 Å². The standard InChI is InChI=1S/C27H32N2O2S/c30-26(28-27-15-20-12-21(16-27)14-22(13-20)17-27)29-10-11-32-25(29)23-8-4-5-9-24(23)31-18-19-6-2-1-3-7-19/h1-9,20-22,25H,10-18H2,(H,28,30). The van der Waals surface area contributed by atoms with Crippen molar-refractivity contribution in [3.05, 3.63) is 65.7 Å². The molecule has 2 aromatic carbocycles. The van der Waals surface area contributed by atoms with Crippen LogP contribution in [0.5, 0.6) is 5.75 Å². The maximum atomic E-state index is 13.6. The van der Waals surface area contributed by atoms with Crippen molar-refractivity contribution >= 4 is 17.8 Å². The third kappa shape index (κ3) is 3.89. The molecule has 168 valence electrons. The Morgan fingerprint density at radius 1 is 0.969 bits per heavy atom. The van der Waals surface area contributed by atoms with Crippen LogP contribution in [0.15, 0.2) is 54.6 Å². The maximum Gasteiger partial charge on any atom is 0.319 e. The van der Waals surface area contributed by atoms with Gasteiger partial charge in [-0.05, 0) is 67.9 Å². The van der Waals surface area contributed by atoms with Gasteiger partial charge in [0.25, 0.3) is 0 Å². The highest BCUT2D eigenvalue weighted by Gasteiger charge is 2.52. The van der Waals surface area contributed by atoms with Crippen LogP contribution < -0.4 is 10.1 Å². The molecule has 4 saturated carbocycles. The molecule has 4 bridgehead atoms. The van der Waals surface area contributed by atoms with Crippen molar-refractivity contribution in [3.63, 3.8) is 0 Å². The number of rotatable bonds is 5. The average Bonchev–Trinajstić information content (AvgIpc) is 3.27. The van der Waals surface area contributed by atoms with Gasteiger partial charge in [0, 0.05) is 23.4 Å². The van der Waals surface area contributed by atoms with Crippen LogP contribution in [0, 0.1) is 17.8 Å². The van der Waals surface area contributed by atoms with E-state index >= 15 is 0 Å². The van der Waals surface area contributed by atoms with E-state index in [1.807, 2.05) is 47.0 Å². The van der Waals surface area contributed by atoms with Gasteiger partial charge in [0.2, 0.25) is 0 Å². The van der Waals surface area contributed by atoms with E-state index < -0.39 is 0 Å². The molecule has 5 aliphatic rings. The predicted molar refractivity (Wildman–Crippen MR) is 129 cm³/mol. The minimum Gasteiger partial charge on any atom is -0.489 e. The highest BCUT2D eigenvalue weighted by atomic mass is 32.2. The van der Waals surface area contributed by atoms with E-state index in [0.29, 0.717) is 6.61 Å². The van der Waals surface area contributed by atoms with E-state index in [-0.39, 0.29) is 16.9 Å². The molecular formula is C27H32N2O2S. The predicted octanol–water partition coefficient (Wildman–Crippen LogP) is 5.99. The number of nitrogens with one attached hydrogen (secondary N) is 1. The molecule has 0 aromatic heterocycles. The summed E-state index contributed by atoms with van der Waals surface area (Å²) in [4.78, 5) is 15.6. The molecule has 2 amide bonds. The van der Waals surface area contributed by atoms with Crippen molar-refractivity contribution in [1.29, 1.82) is 0 Å². The van der Waals surface area contributed by atoms with Crippen molar-refractivity contribution in [2.75, 3.05) is 12.3 Å². The van der Waals surface area contributed by atoms with Crippen molar-refractivity contribution in [1.82, 2.24) is 10.2 Å². The van der Waals surface area contributed by atoms with Gasteiger partial charge < -0.3 is 15.0 Å². The lowest BCUT2D eigenvalue weighted by molar-refractivity contribution is -0.0156. The molecule has 0 radical (unpaired) electrons. The molecule has 1 saturated heterocycles. The fraction of sp³-hybridized carbons (Fsp3) is 0.519. The number of carbonyl (C=O) groups excluding carboxylic acids is 1. The van der Waals surface area contributed by atoms with Gasteiger partial charge in [-0.1, -0.05) is 48.5 Å². The molecule has 1 N–H and O–H groups in total. The third-order valence-electron chi connectivity index (χ3n) is 7.98. The fourth-order valence-corrected chi connectivity index (χ4v) is 8.33. The second-order valence-electron chi connectivity index (χ2n) is 10.4. The summed E-state index contributed by atoms with van der Waals surface area (Å²) in [5, 5.41) is 3.59. The lowest BCUT2D eigenvalue weighted by atomic mass is 9.53. The lowest BCUT2D eigenvalue weighted by Crippen LogP contribution is -2.61. The van der Waals surface area contributed by atoms with Crippen LogP contribution in [0.4, 0.5) is 4.79 Å². The van der Waals surface area contributed by atoms with Crippen LogP contribution in [0.1, 0.15) is 55.0 Å². The zero-order chi connectivity index (χ0) is 21.5. The summed E-state index contributed by atoms with van der Waals surface area (Å²) in [7, 11) is 0. The molecule has 4 nitrogen and oxygen atoms in total. The quantitative estimate of drug-likeness (QED) is 0.611. The summed E-state index contributed by atoms with van der Waals surface area (Å²) in [5.41, 5.74) is 2.30.